The van der Waals surface area contributed by atoms with E-state index in [2.05, 4.69) is 4.74 Å². The number of hydrogen-bond donors (Lipinski definition) is 0. The van der Waals surface area contributed by atoms with Gasteiger partial charge in [-0.1, -0.05) is 0 Å². The van der Waals surface area contributed by atoms with Crippen molar-refractivity contribution in [1.82, 2.24) is 0 Å². The number of hydrogen-bond acceptors (Lipinski definition) is 4. The van der Waals surface area contributed by atoms with E-state index in [4.69, 9.17) is 0 Å². The molecule has 6 heteroatoms. The maximum absolute atomic E-state index is 13.3. The molecule has 1 rings (SSSR count). The third-order valence-corrected chi connectivity index (χ3v) is 1.88. The minimum Gasteiger partial charge on any atom is -0.463 e. The third kappa shape index (κ3) is 3.67. The summed E-state index contributed by atoms with van der Waals surface area (Å²) in [7, 11) is 0. The maximum Gasteiger partial charge on any atom is 0.330 e. The minimum absolute atomic E-state index is 0.0867. The van der Waals surface area contributed by atoms with Crippen LogP contribution in [0.3, 0.4) is 0 Å². The second kappa shape index (κ2) is 5.74. The van der Waals surface area contributed by atoms with Crippen LogP contribution in [0.1, 0.15) is 12.5 Å². The highest BCUT2D eigenvalue weighted by Crippen LogP contribution is 2.17. The Kier molecular flexibility index (Phi) is 4.33. The van der Waals surface area contributed by atoms with E-state index in [0.29, 0.717) is 0 Å². The quantitative estimate of drug-likeness (QED) is 0.350. The molecule has 17 heavy (non-hydrogen) atoms. The average Bonchev–Trinajstić information content (AvgIpc) is 2.27. The topological polar surface area (TPSA) is 69.4 Å². The van der Waals surface area contributed by atoms with E-state index in [1.165, 1.54) is 12.1 Å². The van der Waals surface area contributed by atoms with Crippen LogP contribution in [-0.2, 0) is 9.53 Å². The molecule has 0 unspecified atom stereocenters. The van der Waals surface area contributed by atoms with Gasteiger partial charge in [0.1, 0.15) is 5.82 Å². The van der Waals surface area contributed by atoms with Crippen molar-refractivity contribution in [3.8, 4) is 0 Å². The molecule has 1 aromatic carbocycles. The minimum atomic E-state index is -0.764. The van der Waals surface area contributed by atoms with Gasteiger partial charge in [-0.25, -0.2) is 9.18 Å². The van der Waals surface area contributed by atoms with Crippen LogP contribution in [0.2, 0.25) is 0 Å². The largest absolute Gasteiger partial charge is 0.463 e. The zero-order chi connectivity index (χ0) is 12.8. The number of rotatable bonds is 4. The van der Waals surface area contributed by atoms with Crippen molar-refractivity contribution in [1.29, 1.82) is 0 Å². The van der Waals surface area contributed by atoms with Crippen LogP contribution in [0.5, 0.6) is 0 Å². The standard InChI is InChI=1S/C11H10FNO4/c1-2-17-11(14)6-4-8-3-5-9(13(15)16)7-10(8)12/h3-7H,2H2,1H3/b6-4+. The predicted molar refractivity (Wildman–Crippen MR) is 58.7 cm³/mol. The molecule has 0 fully saturated rings. The summed E-state index contributed by atoms with van der Waals surface area (Å²) < 4.78 is 17.9. The summed E-state index contributed by atoms with van der Waals surface area (Å²) in [6, 6.07) is 3.18. The third-order valence-electron chi connectivity index (χ3n) is 1.88. The van der Waals surface area contributed by atoms with Crippen LogP contribution in [-0.4, -0.2) is 17.5 Å². The molecule has 0 aliphatic carbocycles. The van der Waals surface area contributed by atoms with E-state index < -0.39 is 16.7 Å². The molecule has 0 saturated heterocycles. The Hall–Kier alpha value is -2.24. The normalized spacial score (nSPS) is 10.5. The number of non-ortho nitro benzene ring substituents is 1. The zero-order valence-electron chi connectivity index (χ0n) is 9.05. The Balaban J connectivity index is 2.86. The number of nitro groups is 1. The summed E-state index contributed by atoms with van der Waals surface area (Å²) in [4.78, 5) is 20.6. The fraction of sp³-hybridized carbons (Fsp3) is 0.182. The lowest BCUT2D eigenvalue weighted by atomic mass is 10.2. The molecular weight excluding hydrogens is 229 g/mol. The van der Waals surface area contributed by atoms with Gasteiger partial charge in [0.05, 0.1) is 17.6 Å². The first kappa shape index (κ1) is 12.8. The average molecular weight is 239 g/mol. The summed E-state index contributed by atoms with van der Waals surface area (Å²) in [5.74, 6) is -1.36. The molecule has 0 amide bonds. The summed E-state index contributed by atoms with van der Waals surface area (Å²) in [5.41, 5.74) is -0.251. The molecule has 1 aromatic rings. The van der Waals surface area contributed by atoms with Crippen molar-refractivity contribution in [2.75, 3.05) is 6.61 Å². The van der Waals surface area contributed by atoms with Gasteiger partial charge >= 0.3 is 5.97 Å². The second-order valence-corrected chi connectivity index (χ2v) is 3.05. The van der Waals surface area contributed by atoms with E-state index >= 15 is 0 Å². The van der Waals surface area contributed by atoms with Gasteiger partial charge in [-0.15, -0.1) is 0 Å². The summed E-state index contributed by atoms with van der Waals surface area (Å²) in [5, 5.41) is 10.4. The van der Waals surface area contributed by atoms with Crippen molar-refractivity contribution in [2.45, 2.75) is 6.92 Å². The van der Waals surface area contributed by atoms with E-state index in [9.17, 15) is 19.3 Å². The molecule has 0 spiro atoms. The second-order valence-electron chi connectivity index (χ2n) is 3.05. The van der Waals surface area contributed by atoms with E-state index in [1.807, 2.05) is 0 Å². The molecule has 0 atom stereocenters. The Morgan fingerprint density at radius 2 is 2.29 bits per heavy atom. The highest BCUT2D eigenvalue weighted by Gasteiger charge is 2.09. The first-order valence-electron chi connectivity index (χ1n) is 4.83. The molecule has 0 saturated carbocycles. The van der Waals surface area contributed by atoms with Crippen LogP contribution in [0.15, 0.2) is 24.3 Å². The van der Waals surface area contributed by atoms with Gasteiger partial charge in [-0.05, 0) is 19.1 Å². The maximum atomic E-state index is 13.3. The monoisotopic (exact) mass is 239 g/mol. The number of carbonyl (C=O) groups is 1. The molecule has 0 aliphatic heterocycles. The van der Waals surface area contributed by atoms with Gasteiger partial charge in [0.25, 0.3) is 5.69 Å². The summed E-state index contributed by atoms with van der Waals surface area (Å²) in [6.07, 6.45) is 2.27. The zero-order valence-corrected chi connectivity index (χ0v) is 9.05. The van der Waals surface area contributed by atoms with Crippen LogP contribution in [0, 0.1) is 15.9 Å². The predicted octanol–water partition coefficient (Wildman–Crippen LogP) is 2.31. The van der Waals surface area contributed by atoms with Gasteiger partial charge in [0.15, 0.2) is 0 Å². The number of ether oxygens (including phenoxy) is 1. The van der Waals surface area contributed by atoms with Gasteiger partial charge in [0, 0.05) is 17.7 Å². The highest BCUT2D eigenvalue weighted by molar-refractivity contribution is 5.87. The van der Waals surface area contributed by atoms with Gasteiger partial charge in [-0.3, -0.25) is 10.1 Å². The van der Waals surface area contributed by atoms with E-state index in [-0.39, 0.29) is 17.9 Å². The lowest BCUT2D eigenvalue weighted by Crippen LogP contribution is -1.99. The van der Waals surface area contributed by atoms with Gasteiger partial charge in [0.2, 0.25) is 0 Å². The van der Waals surface area contributed by atoms with Crippen LogP contribution < -0.4 is 0 Å². The smallest absolute Gasteiger partial charge is 0.330 e. The lowest BCUT2D eigenvalue weighted by molar-refractivity contribution is -0.385. The van der Waals surface area contributed by atoms with Crippen molar-refractivity contribution in [2.24, 2.45) is 0 Å². The van der Waals surface area contributed by atoms with Gasteiger partial charge < -0.3 is 4.74 Å². The first-order valence-corrected chi connectivity index (χ1v) is 4.83. The van der Waals surface area contributed by atoms with E-state index in [0.717, 1.165) is 18.2 Å². The highest BCUT2D eigenvalue weighted by atomic mass is 19.1. The SMILES string of the molecule is CCOC(=O)/C=C/c1ccc([N+](=O)[O-])cc1F. The van der Waals surface area contributed by atoms with Crippen molar-refractivity contribution >= 4 is 17.7 Å². The summed E-state index contributed by atoms with van der Waals surface area (Å²) >= 11 is 0. The first-order chi connectivity index (χ1) is 8.04. The Morgan fingerprint density at radius 1 is 1.59 bits per heavy atom. The Morgan fingerprint density at radius 3 is 2.82 bits per heavy atom. The van der Waals surface area contributed by atoms with Gasteiger partial charge in [-0.2, -0.15) is 0 Å². The number of halogens is 1. The molecule has 0 aliphatic rings. The van der Waals surface area contributed by atoms with E-state index in [1.54, 1.807) is 6.92 Å². The molecule has 90 valence electrons. The summed E-state index contributed by atoms with van der Waals surface area (Å²) in [6.45, 7) is 1.88. The Bertz CT molecular complexity index is 471. The molecule has 0 heterocycles. The fourth-order valence-corrected chi connectivity index (χ4v) is 1.11. The van der Waals surface area contributed by atoms with Crippen LogP contribution in [0.25, 0.3) is 6.08 Å². The molecule has 0 N–H and O–H groups in total. The van der Waals surface area contributed by atoms with Crippen molar-refractivity contribution in [3.63, 3.8) is 0 Å². The number of benzene rings is 1. The number of carbonyl (C=O) groups excluding carboxylic acids is 1. The molecule has 0 bridgehead atoms. The Labute approximate surface area is 96.7 Å². The number of esters is 1. The van der Waals surface area contributed by atoms with Crippen molar-refractivity contribution < 1.29 is 18.8 Å². The number of nitrogens with zero attached hydrogens (tertiary/aromatic N) is 1. The molecule has 0 radical (unpaired) electrons. The molecule has 0 aromatic heterocycles. The van der Waals surface area contributed by atoms with Crippen LogP contribution in [0.4, 0.5) is 10.1 Å². The lowest BCUT2D eigenvalue weighted by Gasteiger charge is -1.97. The van der Waals surface area contributed by atoms with Crippen molar-refractivity contribution in [3.05, 3.63) is 45.8 Å². The number of nitro benzene ring substituents is 1. The molecule has 5 nitrogen and oxygen atoms in total. The van der Waals surface area contributed by atoms with Crippen LogP contribution >= 0.6 is 0 Å². The molecular formula is C11H10FNO4. The fourth-order valence-electron chi connectivity index (χ4n) is 1.11.